The number of benzene rings is 1. The molecule has 1 aliphatic heterocycles. The average Bonchev–Trinajstić information content (AvgIpc) is 3.24. The highest BCUT2D eigenvalue weighted by molar-refractivity contribution is 7.89. The molecule has 2 aromatic heterocycles. The second-order valence-electron chi connectivity index (χ2n) is 7.32. The van der Waals surface area contributed by atoms with Crippen LogP contribution in [0.15, 0.2) is 51.9 Å². The molecule has 1 aliphatic rings. The number of hydrogen-bond donors (Lipinski definition) is 0. The van der Waals surface area contributed by atoms with E-state index < -0.39 is 10.0 Å². The monoisotopic (exact) mass is 447 g/mol. The number of nitrogens with zero attached hydrogens (tertiary/aromatic N) is 5. The van der Waals surface area contributed by atoms with E-state index in [1.165, 1.54) is 10.4 Å². The molecule has 0 radical (unpaired) electrons. The Morgan fingerprint density at radius 3 is 2.50 bits per heavy atom. The van der Waals surface area contributed by atoms with Gasteiger partial charge in [0.2, 0.25) is 15.9 Å². The molecule has 1 saturated heterocycles. The van der Waals surface area contributed by atoms with Crippen molar-refractivity contribution in [1.29, 1.82) is 0 Å². The first-order valence-corrected chi connectivity index (χ1v) is 11.5. The predicted octanol–water partition coefficient (Wildman–Crippen LogP) is 3.42. The van der Waals surface area contributed by atoms with Crippen molar-refractivity contribution in [1.82, 2.24) is 19.5 Å². The van der Waals surface area contributed by atoms with Crippen LogP contribution in [0.3, 0.4) is 0 Å². The lowest BCUT2D eigenvalue weighted by Gasteiger charge is -2.35. The van der Waals surface area contributed by atoms with Gasteiger partial charge < -0.3 is 9.32 Å². The lowest BCUT2D eigenvalue weighted by atomic mass is 10.2. The van der Waals surface area contributed by atoms with Crippen LogP contribution in [-0.4, -0.2) is 54.1 Å². The van der Waals surface area contributed by atoms with Gasteiger partial charge in [-0.3, -0.25) is 0 Å². The quantitative estimate of drug-likeness (QED) is 0.591. The minimum Gasteiger partial charge on any atom is -0.420 e. The molecule has 0 aliphatic carbocycles. The zero-order chi connectivity index (χ0) is 21.3. The highest BCUT2D eigenvalue weighted by atomic mass is 35.5. The molecule has 0 spiro atoms. The first-order chi connectivity index (χ1) is 14.4. The molecule has 10 heteroatoms. The molecule has 0 atom stereocenters. The second-order valence-corrected chi connectivity index (χ2v) is 9.70. The van der Waals surface area contributed by atoms with Crippen LogP contribution in [0, 0.1) is 0 Å². The molecule has 0 bridgehead atoms. The number of anilines is 1. The van der Waals surface area contributed by atoms with Crippen molar-refractivity contribution < 1.29 is 12.8 Å². The number of hydrogen-bond acceptors (Lipinski definition) is 7. The zero-order valence-electron chi connectivity index (χ0n) is 16.7. The van der Waals surface area contributed by atoms with E-state index in [4.69, 9.17) is 16.0 Å². The van der Waals surface area contributed by atoms with Crippen LogP contribution in [-0.2, 0) is 10.0 Å². The zero-order valence-corrected chi connectivity index (χ0v) is 18.3. The minimum absolute atomic E-state index is 0.131. The van der Waals surface area contributed by atoms with Gasteiger partial charge in [-0.1, -0.05) is 31.5 Å². The van der Waals surface area contributed by atoms with E-state index in [0.717, 1.165) is 5.56 Å². The molecule has 8 nitrogen and oxygen atoms in total. The van der Waals surface area contributed by atoms with Crippen molar-refractivity contribution in [2.24, 2.45) is 0 Å². The van der Waals surface area contributed by atoms with Crippen molar-refractivity contribution in [3.63, 3.8) is 0 Å². The molecule has 0 saturated carbocycles. The summed E-state index contributed by atoms with van der Waals surface area (Å²) in [5.41, 5.74) is 0.739. The van der Waals surface area contributed by atoms with Gasteiger partial charge in [0.05, 0.1) is 10.5 Å². The lowest BCUT2D eigenvalue weighted by molar-refractivity contribution is 0.383. The maximum absolute atomic E-state index is 12.9. The Bertz CT molecular complexity index is 1140. The Balaban J connectivity index is 1.54. The second kappa shape index (κ2) is 8.33. The van der Waals surface area contributed by atoms with Crippen LogP contribution in [0.25, 0.3) is 11.5 Å². The van der Waals surface area contributed by atoms with Crippen LogP contribution in [0.2, 0.25) is 5.02 Å². The van der Waals surface area contributed by atoms with Crippen LogP contribution >= 0.6 is 11.6 Å². The van der Waals surface area contributed by atoms with Gasteiger partial charge in [0, 0.05) is 43.3 Å². The van der Waals surface area contributed by atoms with Gasteiger partial charge >= 0.3 is 0 Å². The molecule has 30 heavy (non-hydrogen) atoms. The van der Waals surface area contributed by atoms with Crippen LogP contribution in [0.1, 0.15) is 25.7 Å². The van der Waals surface area contributed by atoms with E-state index in [-0.39, 0.29) is 10.8 Å². The largest absolute Gasteiger partial charge is 0.420 e. The predicted molar refractivity (Wildman–Crippen MR) is 114 cm³/mol. The maximum Gasteiger partial charge on any atom is 0.251 e. The van der Waals surface area contributed by atoms with Gasteiger partial charge in [0.15, 0.2) is 0 Å². The smallest absolute Gasteiger partial charge is 0.251 e. The molecule has 4 rings (SSSR count). The Kier molecular flexibility index (Phi) is 5.77. The molecule has 1 fully saturated rings. The molecule has 1 aromatic carbocycles. The van der Waals surface area contributed by atoms with Gasteiger partial charge in [-0.15, -0.1) is 10.2 Å². The summed E-state index contributed by atoms with van der Waals surface area (Å²) >= 11 is 5.97. The molecule has 158 valence electrons. The normalized spacial score (nSPS) is 15.7. The Morgan fingerprint density at radius 2 is 1.83 bits per heavy atom. The van der Waals surface area contributed by atoms with Gasteiger partial charge in [-0.25, -0.2) is 13.4 Å². The average molecular weight is 448 g/mol. The Hall–Kier alpha value is -2.49. The third kappa shape index (κ3) is 4.05. The molecule has 0 unspecified atom stereocenters. The summed E-state index contributed by atoms with van der Waals surface area (Å²) in [7, 11) is -3.60. The van der Waals surface area contributed by atoms with Crippen LogP contribution in [0.4, 0.5) is 5.82 Å². The lowest BCUT2D eigenvalue weighted by Crippen LogP contribution is -2.49. The number of piperazine rings is 1. The van der Waals surface area contributed by atoms with Crippen molar-refractivity contribution in [3.8, 4) is 11.5 Å². The van der Waals surface area contributed by atoms with E-state index in [9.17, 15) is 8.42 Å². The fourth-order valence-corrected chi connectivity index (χ4v) is 5.03. The molecule has 0 amide bonds. The van der Waals surface area contributed by atoms with Crippen molar-refractivity contribution in [2.75, 3.05) is 31.1 Å². The first kappa shape index (κ1) is 20.8. The summed E-state index contributed by atoms with van der Waals surface area (Å²) in [6.07, 6.45) is 1.70. The van der Waals surface area contributed by atoms with Crippen molar-refractivity contribution in [3.05, 3.63) is 53.5 Å². The summed E-state index contributed by atoms with van der Waals surface area (Å²) in [6.45, 7) is 5.64. The fourth-order valence-electron chi connectivity index (χ4n) is 3.31. The summed E-state index contributed by atoms with van der Waals surface area (Å²) in [4.78, 5) is 6.75. The van der Waals surface area contributed by atoms with E-state index in [0.29, 0.717) is 48.8 Å². The van der Waals surface area contributed by atoms with Crippen molar-refractivity contribution in [2.45, 2.75) is 24.7 Å². The first-order valence-electron chi connectivity index (χ1n) is 9.65. The van der Waals surface area contributed by atoms with E-state index in [1.54, 1.807) is 24.4 Å². The standard InChI is InChI=1S/C20H22ClN5O3S/c1-14(2)19-23-24-20(29-19)17-7-4-8-22-18(17)25-9-11-26(12-10-25)30(27,28)16-6-3-5-15(21)13-16/h3-8,13-14H,9-12H2,1-2H3. The number of rotatable bonds is 5. The third-order valence-corrected chi connectivity index (χ3v) is 7.05. The Morgan fingerprint density at radius 1 is 1.07 bits per heavy atom. The summed E-state index contributed by atoms with van der Waals surface area (Å²) in [5, 5.41) is 8.66. The topological polar surface area (TPSA) is 92.4 Å². The molecule has 0 N–H and O–H groups in total. The number of aromatic nitrogens is 3. The molecule has 3 aromatic rings. The van der Waals surface area contributed by atoms with Gasteiger partial charge in [0.25, 0.3) is 5.89 Å². The minimum atomic E-state index is -3.60. The van der Waals surface area contributed by atoms with E-state index in [2.05, 4.69) is 15.2 Å². The SMILES string of the molecule is CC(C)c1nnc(-c2cccnc2N2CCN(S(=O)(=O)c3cccc(Cl)c3)CC2)o1. The third-order valence-electron chi connectivity index (χ3n) is 4.92. The van der Waals surface area contributed by atoms with E-state index in [1.807, 2.05) is 30.9 Å². The highest BCUT2D eigenvalue weighted by Gasteiger charge is 2.30. The fraction of sp³-hybridized carbons (Fsp3) is 0.350. The van der Waals surface area contributed by atoms with Crippen molar-refractivity contribution >= 4 is 27.4 Å². The van der Waals surface area contributed by atoms with E-state index >= 15 is 0 Å². The van der Waals surface area contributed by atoms with Crippen LogP contribution in [0.5, 0.6) is 0 Å². The van der Waals surface area contributed by atoms with Gasteiger partial charge in [-0.2, -0.15) is 4.31 Å². The Labute approximate surface area is 180 Å². The highest BCUT2D eigenvalue weighted by Crippen LogP contribution is 2.30. The molecule has 3 heterocycles. The number of halogens is 1. The summed E-state index contributed by atoms with van der Waals surface area (Å²) < 4.78 is 33.1. The summed E-state index contributed by atoms with van der Waals surface area (Å²) in [5.74, 6) is 1.82. The maximum atomic E-state index is 12.9. The molecular formula is C20H22ClN5O3S. The van der Waals surface area contributed by atoms with Gasteiger partial charge in [0.1, 0.15) is 5.82 Å². The molecular weight excluding hydrogens is 426 g/mol. The number of pyridine rings is 1. The van der Waals surface area contributed by atoms with Crippen LogP contribution < -0.4 is 4.90 Å². The van der Waals surface area contributed by atoms with Gasteiger partial charge in [-0.05, 0) is 30.3 Å². The number of sulfonamides is 1. The summed E-state index contributed by atoms with van der Waals surface area (Å²) in [6, 6.07) is 10.0.